The highest BCUT2D eigenvalue weighted by atomic mass is 35.5. The van der Waals surface area contributed by atoms with E-state index in [9.17, 15) is 10.1 Å². The second kappa shape index (κ2) is 11.8. The molecule has 0 aliphatic rings. The molecule has 0 spiro atoms. The highest BCUT2D eigenvalue weighted by molar-refractivity contribution is 8.00. The number of carbonyl (C=O) groups excluding carboxylic acids is 1. The van der Waals surface area contributed by atoms with Gasteiger partial charge in [0.15, 0.2) is 5.78 Å². The number of methoxy groups -OCH3 is 3. The number of nitriles is 1. The highest BCUT2D eigenvalue weighted by Crippen LogP contribution is 2.38. The van der Waals surface area contributed by atoms with E-state index in [-0.39, 0.29) is 11.5 Å². The van der Waals surface area contributed by atoms with Crippen molar-refractivity contribution in [2.24, 2.45) is 0 Å². The van der Waals surface area contributed by atoms with Gasteiger partial charge in [0.1, 0.15) is 28.3 Å². The van der Waals surface area contributed by atoms with Gasteiger partial charge in [-0.1, -0.05) is 35.5 Å². The number of benzene rings is 3. The summed E-state index contributed by atoms with van der Waals surface area (Å²) in [5, 5.41) is 11.2. The lowest BCUT2D eigenvalue weighted by molar-refractivity contribution is 0.102. The number of hydrogen-bond donors (Lipinski definition) is 0. The number of ketones is 1. The minimum atomic E-state index is -0.0873. The van der Waals surface area contributed by atoms with Gasteiger partial charge in [0.2, 0.25) is 0 Å². The molecule has 8 heteroatoms. The quantitative estimate of drug-likeness (QED) is 0.171. The van der Waals surface area contributed by atoms with E-state index in [0.717, 1.165) is 5.56 Å². The Hall–Kier alpha value is -3.99. The zero-order chi connectivity index (χ0) is 26.4. The minimum absolute atomic E-state index is 0.0873. The molecule has 0 saturated heterocycles. The van der Waals surface area contributed by atoms with Gasteiger partial charge < -0.3 is 14.2 Å². The van der Waals surface area contributed by atoms with Gasteiger partial charge >= 0.3 is 0 Å². The van der Waals surface area contributed by atoms with Crippen LogP contribution in [0.15, 0.2) is 77.8 Å². The number of Topliss-reactive ketones (excluding diaryl/α,β-unsaturated/α-hetero) is 1. The van der Waals surface area contributed by atoms with Crippen molar-refractivity contribution in [3.05, 3.63) is 88.9 Å². The first kappa shape index (κ1) is 26.1. The Labute approximate surface area is 224 Å². The summed E-state index contributed by atoms with van der Waals surface area (Å²) in [5.41, 5.74) is 3.68. The normalized spacial score (nSPS) is 10.5. The Kier molecular flexibility index (Phi) is 8.34. The molecule has 0 radical (unpaired) electrons. The summed E-state index contributed by atoms with van der Waals surface area (Å²) < 4.78 is 16.2. The molecule has 0 bridgehead atoms. The lowest BCUT2D eigenvalue weighted by Crippen LogP contribution is -2.04. The third-order valence-electron chi connectivity index (χ3n) is 5.69. The molecule has 0 saturated carbocycles. The smallest absolute Gasteiger partial charge is 0.173 e. The number of rotatable bonds is 9. The molecule has 0 aliphatic heterocycles. The summed E-state index contributed by atoms with van der Waals surface area (Å²) in [7, 11) is 4.74. The van der Waals surface area contributed by atoms with Crippen molar-refractivity contribution in [3.8, 4) is 45.7 Å². The summed E-state index contributed by atoms with van der Waals surface area (Å²) in [6, 6.07) is 23.7. The molecular formula is C29H23ClN2O4S. The molecule has 1 aromatic heterocycles. The van der Waals surface area contributed by atoms with Gasteiger partial charge in [-0.3, -0.25) is 4.79 Å². The number of hydrogen-bond acceptors (Lipinski definition) is 7. The molecule has 4 aromatic rings. The van der Waals surface area contributed by atoms with Crippen LogP contribution in [-0.2, 0) is 0 Å². The maximum atomic E-state index is 12.9. The number of aromatic nitrogens is 1. The van der Waals surface area contributed by atoms with Crippen LogP contribution in [0.2, 0.25) is 5.02 Å². The van der Waals surface area contributed by atoms with Crippen molar-refractivity contribution in [3.63, 3.8) is 0 Å². The van der Waals surface area contributed by atoms with E-state index in [1.54, 1.807) is 69.9 Å². The second-order valence-electron chi connectivity index (χ2n) is 7.86. The van der Waals surface area contributed by atoms with Gasteiger partial charge in [0, 0.05) is 21.7 Å². The van der Waals surface area contributed by atoms with Crippen LogP contribution in [0.25, 0.3) is 22.4 Å². The highest BCUT2D eigenvalue weighted by Gasteiger charge is 2.19. The lowest BCUT2D eigenvalue weighted by atomic mass is 9.99. The van der Waals surface area contributed by atoms with Crippen LogP contribution in [0.1, 0.15) is 15.9 Å². The molecule has 186 valence electrons. The fourth-order valence-electron chi connectivity index (χ4n) is 3.74. The van der Waals surface area contributed by atoms with Crippen molar-refractivity contribution in [1.29, 1.82) is 5.26 Å². The van der Waals surface area contributed by atoms with Gasteiger partial charge in [-0.05, 0) is 66.2 Å². The summed E-state index contributed by atoms with van der Waals surface area (Å²) in [5.74, 6) is 1.93. The first-order valence-corrected chi connectivity index (χ1v) is 12.6. The van der Waals surface area contributed by atoms with Crippen molar-refractivity contribution >= 4 is 29.1 Å². The standard InChI is InChI=1S/C29H23ClN2O4S/c1-34-21-10-6-19(7-11-21)27(33)17-37-29-25(16-31)23(18-4-8-20(30)9-5-18)15-26(32-29)24-14-22(35-2)12-13-28(24)36-3/h4-15H,17H2,1-3H3. The van der Waals surface area contributed by atoms with E-state index in [0.29, 0.717) is 55.2 Å². The monoisotopic (exact) mass is 530 g/mol. The van der Waals surface area contributed by atoms with Gasteiger partial charge in [-0.25, -0.2) is 4.98 Å². The lowest BCUT2D eigenvalue weighted by Gasteiger charge is -2.15. The Morgan fingerprint density at radius 1 is 0.892 bits per heavy atom. The van der Waals surface area contributed by atoms with E-state index < -0.39 is 0 Å². The second-order valence-corrected chi connectivity index (χ2v) is 9.26. The van der Waals surface area contributed by atoms with E-state index >= 15 is 0 Å². The summed E-state index contributed by atoms with van der Waals surface area (Å²) in [6.45, 7) is 0. The molecule has 37 heavy (non-hydrogen) atoms. The summed E-state index contributed by atoms with van der Waals surface area (Å²) in [4.78, 5) is 17.7. The van der Waals surface area contributed by atoms with Crippen LogP contribution in [0, 0.1) is 11.3 Å². The van der Waals surface area contributed by atoms with Crippen LogP contribution < -0.4 is 14.2 Å². The predicted molar refractivity (Wildman–Crippen MR) is 146 cm³/mol. The zero-order valence-corrected chi connectivity index (χ0v) is 22.0. The molecule has 3 aromatic carbocycles. The first-order valence-electron chi connectivity index (χ1n) is 11.2. The van der Waals surface area contributed by atoms with Crippen LogP contribution in [-0.4, -0.2) is 37.8 Å². The average molecular weight is 531 g/mol. The number of pyridine rings is 1. The number of nitrogens with zero attached hydrogens (tertiary/aromatic N) is 2. The maximum absolute atomic E-state index is 12.9. The summed E-state index contributed by atoms with van der Waals surface area (Å²) >= 11 is 7.32. The van der Waals surface area contributed by atoms with Crippen LogP contribution in [0.4, 0.5) is 0 Å². The Balaban J connectivity index is 1.80. The SMILES string of the molecule is COc1ccc(C(=O)CSc2nc(-c3cc(OC)ccc3OC)cc(-c3ccc(Cl)cc3)c2C#N)cc1. The first-order chi connectivity index (χ1) is 18.0. The molecule has 1 heterocycles. The van der Waals surface area contributed by atoms with E-state index in [2.05, 4.69) is 6.07 Å². The summed E-state index contributed by atoms with van der Waals surface area (Å²) in [6.07, 6.45) is 0. The molecule has 0 atom stereocenters. The van der Waals surface area contributed by atoms with E-state index in [4.69, 9.17) is 30.8 Å². The van der Waals surface area contributed by atoms with Crippen LogP contribution >= 0.6 is 23.4 Å². The number of halogens is 1. The number of thioether (sulfide) groups is 1. The third-order valence-corrected chi connectivity index (χ3v) is 6.92. The molecule has 4 rings (SSSR count). The predicted octanol–water partition coefficient (Wildman–Crippen LogP) is 6.94. The van der Waals surface area contributed by atoms with Crippen LogP contribution in [0.5, 0.6) is 17.2 Å². The van der Waals surface area contributed by atoms with E-state index in [1.807, 2.05) is 24.3 Å². The molecule has 0 N–H and O–H groups in total. The fourth-order valence-corrected chi connectivity index (χ4v) is 4.76. The fraction of sp³-hybridized carbons (Fsp3) is 0.138. The van der Waals surface area contributed by atoms with Gasteiger partial charge in [0.05, 0.1) is 38.3 Å². The van der Waals surface area contributed by atoms with Crippen molar-refractivity contribution in [2.45, 2.75) is 5.03 Å². The van der Waals surface area contributed by atoms with Crippen molar-refractivity contribution in [2.75, 3.05) is 27.1 Å². The Morgan fingerprint density at radius 2 is 1.57 bits per heavy atom. The van der Waals surface area contributed by atoms with Crippen LogP contribution in [0.3, 0.4) is 0 Å². The molecule has 0 fully saturated rings. The minimum Gasteiger partial charge on any atom is -0.497 e. The topological polar surface area (TPSA) is 81.4 Å². The third kappa shape index (κ3) is 5.88. The zero-order valence-electron chi connectivity index (χ0n) is 20.4. The number of carbonyl (C=O) groups is 1. The van der Waals surface area contributed by atoms with Gasteiger partial charge in [0.25, 0.3) is 0 Å². The number of ether oxygens (including phenoxy) is 3. The molecule has 0 unspecified atom stereocenters. The molecule has 0 amide bonds. The Morgan fingerprint density at radius 3 is 2.19 bits per heavy atom. The molecular weight excluding hydrogens is 508 g/mol. The van der Waals surface area contributed by atoms with E-state index in [1.165, 1.54) is 11.8 Å². The maximum Gasteiger partial charge on any atom is 0.173 e. The van der Waals surface area contributed by atoms with Gasteiger partial charge in [-0.2, -0.15) is 5.26 Å². The molecule has 0 aliphatic carbocycles. The van der Waals surface area contributed by atoms with Crippen molar-refractivity contribution < 1.29 is 19.0 Å². The Bertz CT molecular complexity index is 1470. The molecule has 6 nitrogen and oxygen atoms in total. The van der Waals surface area contributed by atoms with Crippen molar-refractivity contribution in [1.82, 2.24) is 4.98 Å². The average Bonchev–Trinajstić information content (AvgIpc) is 2.95. The van der Waals surface area contributed by atoms with Gasteiger partial charge in [-0.15, -0.1) is 0 Å². The largest absolute Gasteiger partial charge is 0.497 e.